The molecule has 19 heavy (non-hydrogen) atoms. The molecule has 0 unspecified atom stereocenters. The Morgan fingerprint density at radius 1 is 0.789 bits per heavy atom. The molecule has 0 aromatic heterocycles. The van der Waals surface area contributed by atoms with Crippen molar-refractivity contribution in [2.24, 2.45) is 11.8 Å². The molecule has 1 fully saturated rings. The SMILES string of the molecule is C=C1C(=CC2C=CC=C2)CCCC1=CC1C=CC=C1. The number of allylic oxidation sites excluding steroid dienone is 13. The summed E-state index contributed by atoms with van der Waals surface area (Å²) >= 11 is 0. The highest BCUT2D eigenvalue weighted by atomic mass is 14.2. The summed E-state index contributed by atoms with van der Waals surface area (Å²) in [6, 6.07) is 0. The first kappa shape index (κ1) is 12.2. The van der Waals surface area contributed by atoms with Crippen LogP contribution in [-0.4, -0.2) is 0 Å². The van der Waals surface area contributed by atoms with E-state index in [4.69, 9.17) is 0 Å². The van der Waals surface area contributed by atoms with Crippen LogP contribution in [0.4, 0.5) is 0 Å². The summed E-state index contributed by atoms with van der Waals surface area (Å²) in [6.45, 7) is 4.33. The second kappa shape index (κ2) is 5.44. The van der Waals surface area contributed by atoms with Crippen LogP contribution in [-0.2, 0) is 0 Å². The minimum atomic E-state index is 0.470. The lowest BCUT2D eigenvalue weighted by atomic mass is 9.83. The fraction of sp³-hybridized carbons (Fsp3) is 0.263. The van der Waals surface area contributed by atoms with Crippen molar-refractivity contribution in [3.05, 3.63) is 84.1 Å². The van der Waals surface area contributed by atoms with Gasteiger partial charge in [0.15, 0.2) is 0 Å². The van der Waals surface area contributed by atoms with Gasteiger partial charge in [0.1, 0.15) is 0 Å². The summed E-state index contributed by atoms with van der Waals surface area (Å²) in [4.78, 5) is 0. The zero-order valence-electron chi connectivity index (χ0n) is 11.3. The Morgan fingerprint density at radius 3 is 1.63 bits per heavy atom. The quantitative estimate of drug-likeness (QED) is 0.640. The lowest BCUT2D eigenvalue weighted by Gasteiger charge is -2.22. The normalized spacial score (nSPS) is 27.5. The third kappa shape index (κ3) is 2.78. The van der Waals surface area contributed by atoms with E-state index in [-0.39, 0.29) is 0 Å². The summed E-state index contributed by atoms with van der Waals surface area (Å²) in [5.74, 6) is 0.940. The fourth-order valence-electron chi connectivity index (χ4n) is 2.93. The van der Waals surface area contributed by atoms with E-state index in [2.05, 4.69) is 67.3 Å². The molecule has 0 saturated heterocycles. The van der Waals surface area contributed by atoms with Crippen molar-refractivity contribution in [3.63, 3.8) is 0 Å². The van der Waals surface area contributed by atoms with Gasteiger partial charge in [0, 0.05) is 11.8 Å². The number of hydrogen-bond donors (Lipinski definition) is 0. The molecule has 0 aromatic carbocycles. The van der Waals surface area contributed by atoms with Crippen LogP contribution >= 0.6 is 0 Å². The molecule has 0 N–H and O–H groups in total. The van der Waals surface area contributed by atoms with Gasteiger partial charge >= 0.3 is 0 Å². The highest BCUT2D eigenvalue weighted by Crippen LogP contribution is 2.35. The van der Waals surface area contributed by atoms with E-state index in [1.165, 1.54) is 36.0 Å². The van der Waals surface area contributed by atoms with Gasteiger partial charge in [-0.3, -0.25) is 0 Å². The van der Waals surface area contributed by atoms with Crippen LogP contribution in [0.3, 0.4) is 0 Å². The largest absolute Gasteiger partial charge is 0.0912 e. The van der Waals surface area contributed by atoms with Crippen molar-refractivity contribution in [3.8, 4) is 0 Å². The van der Waals surface area contributed by atoms with Gasteiger partial charge in [0.2, 0.25) is 0 Å². The van der Waals surface area contributed by atoms with Crippen LogP contribution in [0, 0.1) is 11.8 Å². The van der Waals surface area contributed by atoms with Gasteiger partial charge in [0.25, 0.3) is 0 Å². The highest BCUT2D eigenvalue weighted by Gasteiger charge is 2.17. The molecule has 3 aliphatic rings. The molecule has 3 rings (SSSR count). The summed E-state index contributed by atoms with van der Waals surface area (Å²) in [5, 5.41) is 0. The van der Waals surface area contributed by atoms with Gasteiger partial charge in [-0.25, -0.2) is 0 Å². The van der Waals surface area contributed by atoms with Gasteiger partial charge in [0.05, 0.1) is 0 Å². The Labute approximate surface area is 115 Å². The van der Waals surface area contributed by atoms with Crippen molar-refractivity contribution in [1.29, 1.82) is 0 Å². The van der Waals surface area contributed by atoms with Crippen LogP contribution in [0.1, 0.15) is 19.3 Å². The Morgan fingerprint density at radius 2 is 1.21 bits per heavy atom. The maximum Gasteiger partial charge on any atom is 0.0139 e. The van der Waals surface area contributed by atoms with Crippen molar-refractivity contribution >= 4 is 0 Å². The molecule has 96 valence electrons. The van der Waals surface area contributed by atoms with Crippen LogP contribution in [0.15, 0.2) is 84.1 Å². The lowest BCUT2D eigenvalue weighted by molar-refractivity contribution is 0.760. The van der Waals surface area contributed by atoms with E-state index in [9.17, 15) is 0 Å². The van der Waals surface area contributed by atoms with Crippen molar-refractivity contribution in [2.45, 2.75) is 19.3 Å². The minimum absolute atomic E-state index is 0.470. The second-order valence-corrected chi connectivity index (χ2v) is 5.41. The predicted molar refractivity (Wildman–Crippen MR) is 82.7 cm³/mol. The monoisotopic (exact) mass is 248 g/mol. The average Bonchev–Trinajstić information content (AvgIpc) is 3.07. The predicted octanol–water partition coefficient (Wildman–Crippen LogP) is 5.06. The van der Waals surface area contributed by atoms with Gasteiger partial charge in [-0.15, -0.1) is 0 Å². The summed E-state index contributed by atoms with van der Waals surface area (Å²) in [6.07, 6.45) is 25.8. The molecular formula is C19H20. The smallest absolute Gasteiger partial charge is 0.0139 e. The molecule has 0 atom stereocenters. The van der Waals surface area contributed by atoms with Gasteiger partial charge in [-0.05, 0) is 36.0 Å². The average molecular weight is 248 g/mol. The molecule has 1 saturated carbocycles. The molecule has 0 nitrogen and oxygen atoms in total. The Balaban J connectivity index is 1.79. The number of rotatable bonds is 2. The Hall–Kier alpha value is -1.82. The van der Waals surface area contributed by atoms with E-state index >= 15 is 0 Å². The van der Waals surface area contributed by atoms with Crippen LogP contribution in [0.25, 0.3) is 0 Å². The molecule has 0 aromatic rings. The fourth-order valence-corrected chi connectivity index (χ4v) is 2.93. The van der Waals surface area contributed by atoms with Crippen LogP contribution in [0.2, 0.25) is 0 Å². The van der Waals surface area contributed by atoms with E-state index in [0.717, 1.165) is 0 Å². The van der Waals surface area contributed by atoms with Gasteiger partial charge in [-0.1, -0.05) is 67.3 Å². The van der Waals surface area contributed by atoms with E-state index in [1.807, 2.05) is 0 Å². The first-order valence-corrected chi connectivity index (χ1v) is 7.14. The molecule has 0 heteroatoms. The molecular weight excluding hydrogens is 228 g/mol. The maximum absolute atomic E-state index is 4.33. The summed E-state index contributed by atoms with van der Waals surface area (Å²) in [7, 11) is 0. The third-order valence-corrected chi connectivity index (χ3v) is 4.01. The van der Waals surface area contributed by atoms with Crippen LogP contribution in [0.5, 0.6) is 0 Å². The molecule has 3 aliphatic carbocycles. The maximum atomic E-state index is 4.33. The van der Waals surface area contributed by atoms with Crippen LogP contribution < -0.4 is 0 Å². The first-order valence-electron chi connectivity index (χ1n) is 7.14. The number of hydrogen-bond acceptors (Lipinski definition) is 0. The zero-order chi connectivity index (χ0) is 13.1. The van der Waals surface area contributed by atoms with Crippen molar-refractivity contribution < 1.29 is 0 Å². The highest BCUT2D eigenvalue weighted by molar-refractivity contribution is 5.49. The minimum Gasteiger partial charge on any atom is -0.0912 e. The standard InChI is InChI=1S/C19H20/c1-15-18(13-16-7-2-3-8-16)11-6-12-19(15)14-17-9-4-5-10-17/h2-5,7-10,13-14,16-17H,1,6,11-12H2. The molecule has 0 aliphatic heterocycles. The Bertz CT molecular complexity index is 475. The van der Waals surface area contributed by atoms with E-state index < -0.39 is 0 Å². The van der Waals surface area contributed by atoms with E-state index in [1.54, 1.807) is 0 Å². The second-order valence-electron chi connectivity index (χ2n) is 5.41. The molecule has 0 spiro atoms. The molecule has 0 amide bonds. The van der Waals surface area contributed by atoms with E-state index in [0.29, 0.717) is 11.8 Å². The molecule has 0 bridgehead atoms. The molecule has 0 radical (unpaired) electrons. The summed E-state index contributed by atoms with van der Waals surface area (Å²) < 4.78 is 0. The van der Waals surface area contributed by atoms with Gasteiger partial charge < -0.3 is 0 Å². The first-order chi connectivity index (χ1) is 9.33. The lowest BCUT2D eigenvalue weighted by Crippen LogP contribution is -2.04. The van der Waals surface area contributed by atoms with Crippen molar-refractivity contribution in [1.82, 2.24) is 0 Å². The topological polar surface area (TPSA) is 0 Å². The molecule has 0 heterocycles. The Kier molecular flexibility index (Phi) is 3.50. The van der Waals surface area contributed by atoms with Gasteiger partial charge in [-0.2, -0.15) is 0 Å². The zero-order valence-corrected chi connectivity index (χ0v) is 11.3. The third-order valence-electron chi connectivity index (χ3n) is 4.01. The van der Waals surface area contributed by atoms with Crippen molar-refractivity contribution in [2.75, 3.05) is 0 Å². The summed E-state index contributed by atoms with van der Waals surface area (Å²) in [5.41, 5.74) is 4.13.